The van der Waals surface area contributed by atoms with Crippen molar-refractivity contribution in [3.05, 3.63) is 146 Å². The van der Waals surface area contributed by atoms with Crippen molar-refractivity contribution >= 4 is 19.8 Å². The largest absolute Gasteiger partial charge is 0.472 e. The van der Waals surface area contributed by atoms with Gasteiger partial charge in [0.05, 0.1) is 13.2 Å². The number of hydrogen-bond donors (Lipinski definition) is 2. The van der Waals surface area contributed by atoms with E-state index in [2.05, 4.69) is 154 Å². The fraction of sp³-hybridized carbons (Fsp3) is 0.600. The molecule has 75 heavy (non-hydrogen) atoms. The van der Waals surface area contributed by atoms with Crippen LogP contribution in [-0.4, -0.2) is 49.3 Å². The highest BCUT2D eigenvalue weighted by atomic mass is 31.2. The zero-order valence-electron chi connectivity index (χ0n) is 47.2. The first-order valence-corrected chi connectivity index (χ1v) is 30.8. The molecule has 0 saturated carbocycles. The number of unbranched alkanes of at least 4 members (excludes halogenated alkanes) is 16. The second kappa shape index (κ2) is 59.1. The summed E-state index contributed by atoms with van der Waals surface area (Å²) in [5, 5.41) is 0. The number of carbonyl (C=O) groups excluding carboxylic acids is 2. The molecular formula is C65H106NO8P. The summed E-state index contributed by atoms with van der Waals surface area (Å²) in [5.41, 5.74) is 5.38. The predicted molar refractivity (Wildman–Crippen MR) is 320 cm³/mol. The first kappa shape index (κ1) is 70.9. The van der Waals surface area contributed by atoms with E-state index in [9.17, 15) is 19.0 Å². The van der Waals surface area contributed by atoms with Crippen molar-refractivity contribution < 1.29 is 37.6 Å². The van der Waals surface area contributed by atoms with Crippen LogP contribution in [0.4, 0.5) is 0 Å². The monoisotopic (exact) mass is 1060 g/mol. The molecule has 3 N–H and O–H groups in total. The van der Waals surface area contributed by atoms with Gasteiger partial charge in [-0.15, -0.1) is 0 Å². The third-order valence-electron chi connectivity index (χ3n) is 11.7. The third kappa shape index (κ3) is 59.0. The second-order valence-corrected chi connectivity index (χ2v) is 20.2. The van der Waals surface area contributed by atoms with E-state index in [1.165, 1.54) is 77.0 Å². The molecule has 0 saturated heterocycles. The van der Waals surface area contributed by atoms with E-state index < -0.39 is 32.5 Å². The molecule has 9 nitrogen and oxygen atoms in total. The SMILES string of the molecule is CC/C=C\C/C=C\C/C=C\C/C=C\C/C=C\C/C=C\C/C=C\C/C=C\C/C=C\CCCC(=O)OC(COC(=O)CCCCCCCCCCCC/C=C\C/C=C\C/C=C\CCCCCCC)COP(=O)(O)OCCN. The molecular weight excluding hydrogens is 954 g/mol. The maximum atomic E-state index is 12.7. The number of carbonyl (C=O) groups is 2. The third-order valence-corrected chi connectivity index (χ3v) is 12.7. The van der Waals surface area contributed by atoms with Crippen LogP contribution in [0.2, 0.25) is 0 Å². The Morgan fingerprint density at radius 3 is 1.13 bits per heavy atom. The van der Waals surface area contributed by atoms with Crippen LogP contribution in [0.25, 0.3) is 0 Å². The number of hydrogen-bond acceptors (Lipinski definition) is 8. The molecule has 0 aromatic carbocycles. The molecule has 0 aliphatic carbocycles. The Morgan fingerprint density at radius 1 is 0.413 bits per heavy atom. The number of phosphoric acid groups is 1. The van der Waals surface area contributed by atoms with E-state index in [1.807, 2.05) is 6.08 Å². The van der Waals surface area contributed by atoms with Gasteiger partial charge in [-0.1, -0.05) is 237 Å². The molecule has 0 spiro atoms. The Kier molecular flexibility index (Phi) is 55.9. The average Bonchev–Trinajstić information content (AvgIpc) is 3.40. The molecule has 0 fully saturated rings. The second-order valence-electron chi connectivity index (χ2n) is 18.8. The lowest BCUT2D eigenvalue weighted by Gasteiger charge is -2.19. The van der Waals surface area contributed by atoms with Crippen molar-refractivity contribution in [1.82, 2.24) is 0 Å². The quantitative estimate of drug-likeness (QED) is 0.0264. The Labute approximate surface area is 458 Å². The molecule has 0 aliphatic rings. The lowest BCUT2D eigenvalue weighted by molar-refractivity contribution is -0.161. The van der Waals surface area contributed by atoms with Gasteiger partial charge in [0.25, 0.3) is 0 Å². The van der Waals surface area contributed by atoms with Crippen LogP contribution in [0.1, 0.15) is 219 Å². The zero-order valence-corrected chi connectivity index (χ0v) is 48.1. The Morgan fingerprint density at radius 2 is 0.747 bits per heavy atom. The van der Waals surface area contributed by atoms with Gasteiger partial charge in [0.15, 0.2) is 6.10 Å². The normalized spacial score (nSPS) is 14.1. The van der Waals surface area contributed by atoms with Crippen molar-refractivity contribution in [2.45, 2.75) is 225 Å². The van der Waals surface area contributed by atoms with Gasteiger partial charge >= 0.3 is 19.8 Å². The number of rotatable bonds is 53. The Hall–Kier alpha value is -4.11. The van der Waals surface area contributed by atoms with Gasteiger partial charge in [-0.3, -0.25) is 18.6 Å². The molecule has 0 aromatic rings. The van der Waals surface area contributed by atoms with E-state index in [0.717, 1.165) is 96.3 Å². The fourth-order valence-electron chi connectivity index (χ4n) is 7.41. The van der Waals surface area contributed by atoms with E-state index >= 15 is 0 Å². The number of esters is 2. The molecule has 424 valence electrons. The molecule has 2 unspecified atom stereocenters. The summed E-state index contributed by atoms with van der Waals surface area (Å²) in [6.07, 6.45) is 84.8. The number of allylic oxidation sites excluding steroid dienone is 24. The van der Waals surface area contributed by atoms with Crippen molar-refractivity contribution in [2.75, 3.05) is 26.4 Å². The van der Waals surface area contributed by atoms with Crippen LogP contribution in [0, 0.1) is 0 Å². The highest BCUT2D eigenvalue weighted by Gasteiger charge is 2.26. The highest BCUT2D eigenvalue weighted by molar-refractivity contribution is 7.47. The first-order valence-electron chi connectivity index (χ1n) is 29.3. The minimum absolute atomic E-state index is 0.0353. The van der Waals surface area contributed by atoms with E-state index in [4.69, 9.17) is 24.3 Å². The molecule has 0 radical (unpaired) electrons. The molecule has 0 aromatic heterocycles. The smallest absolute Gasteiger partial charge is 0.462 e. The highest BCUT2D eigenvalue weighted by Crippen LogP contribution is 2.43. The van der Waals surface area contributed by atoms with Crippen LogP contribution in [0.15, 0.2) is 146 Å². The van der Waals surface area contributed by atoms with Gasteiger partial charge in [-0.05, 0) is 116 Å². The maximum Gasteiger partial charge on any atom is 0.472 e. The molecule has 0 heterocycles. The van der Waals surface area contributed by atoms with Crippen LogP contribution in [0.3, 0.4) is 0 Å². The van der Waals surface area contributed by atoms with Gasteiger partial charge in [-0.2, -0.15) is 0 Å². The van der Waals surface area contributed by atoms with Crippen molar-refractivity contribution in [3.8, 4) is 0 Å². The summed E-state index contributed by atoms with van der Waals surface area (Å²) >= 11 is 0. The maximum absolute atomic E-state index is 12.7. The number of phosphoric ester groups is 1. The summed E-state index contributed by atoms with van der Waals surface area (Å²) in [5.74, 6) is -0.912. The standard InChI is InChI=1S/C65H106NO8P/c1-3-5-7-9-11-13-15-17-19-21-23-25-27-29-30-31-32-34-36-38-40-42-44-46-48-50-52-54-56-58-65(68)74-63(62-73-75(69,70)72-60-59-66)61-71-64(67)57-55-53-51-49-47-45-43-41-39-37-35-33-28-26-24-22-20-18-16-14-12-10-8-6-4-2/h5,7,11,13,16-19,22-25,28-30,32-34,38,40,44,46,50,52,63H,3-4,6,8-10,12,14-15,20-21,26-27,31,35-37,39,41-43,45,47-49,51,53-62,66H2,1-2H3,(H,69,70)/b7-5-,13-11-,18-16-,19-17-,24-22-,25-23-,30-29-,33-28-,34-32-,40-38-,46-44-,52-50-. The molecule has 0 aliphatic heterocycles. The Bertz CT molecular complexity index is 1730. The summed E-state index contributed by atoms with van der Waals surface area (Å²) in [6.45, 7) is 3.53. The first-order chi connectivity index (χ1) is 36.8. The lowest BCUT2D eigenvalue weighted by atomic mass is 10.1. The van der Waals surface area contributed by atoms with E-state index in [0.29, 0.717) is 19.3 Å². The minimum atomic E-state index is -4.42. The summed E-state index contributed by atoms with van der Waals surface area (Å²) in [4.78, 5) is 35.2. The minimum Gasteiger partial charge on any atom is -0.462 e. The topological polar surface area (TPSA) is 134 Å². The van der Waals surface area contributed by atoms with Crippen molar-refractivity contribution in [2.24, 2.45) is 5.73 Å². The van der Waals surface area contributed by atoms with Gasteiger partial charge < -0.3 is 20.1 Å². The van der Waals surface area contributed by atoms with E-state index in [-0.39, 0.29) is 32.6 Å². The van der Waals surface area contributed by atoms with Gasteiger partial charge in [0.2, 0.25) is 0 Å². The fourth-order valence-corrected chi connectivity index (χ4v) is 8.17. The van der Waals surface area contributed by atoms with Crippen molar-refractivity contribution in [3.63, 3.8) is 0 Å². The molecule has 0 rings (SSSR count). The van der Waals surface area contributed by atoms with Crippen LogP contribution < -0.4 is 5.73 Å². The average molecular weight is 1060 g/mol. The Balaban J connectivity index is 4.15. The van der Waals surface area contributed by atoms with E-state index in [1.54, 1.807) is 0 Å². The van der Waals surface area contributed by atoms with Crippen LogP contribution >= 0.6 is 7.82 Å². The molecule has 0 bridgehead atoms. The van der Waals surface area contributed by atoms with Gasteiger partial charge in [0.1, 0.15) is 6.61 Å². The van der Waals surface area contributed by atoms with Crippen LogP contribution in [-0.2, 0) is 32.7 Å². The lowest BCUT2D eigenvalue weighted by Crippen LogP contribution is -2.29. The predicted octanol–water partition coefficient (Wildman–Crippen LogP) is 18.7. The summed E-state index contributed by atoms with van der Waals surface area (Å²) in [6, 6.07) is 0. The molecule has 0 amide bonds. The number of ether oxygens (including phenoxy) is 2. The van der Waals surface area contributed by atoms with Gasteiger partial charge in [-0.25, -0.2) is 4.57 Å². The summed E-state index contributed by atoms with van der Waals surface area (Å²) in [7, 11) is -4.42. The number of nitrogens with two attached hydrogens (primary N) is 1. The zero-order chi connectivity index (χ0) is 54.5. The van der Waals surface area contributed by atoms with Gasteiger partial charge in [0, 0.05) is 19.4 Å². The summed E-state index contributed by atoms with van der Waals surface area (Å²) < 4.78 is 33.0. The van der Waals surface area contributed by atoms with Crippen LogP contribution in [0.5, 0.6) is 0 Å². The molecule has 2 atom stereocenters. The van der Waals surface area contributed by atoms with Crippen molar-refractivity contribution in [1.29, 1.82) is 0 Å². The molecule has 10 heteroatoms.